The first-order chi connectivity index (χ1) is 6.34. The first-order valence-corrected chi connectivity index (χ1v) is 5.96. The molecule has 0 atom stereocenters. The van der Waals surface area contributed by atoms with Gasteiger partial charge >= 0.3 is 83.1 Å². The van der Waals surface area contributed by atoms with E-state index in [1.165, 1.54) is 4.44 Å². The maximum atomic E-state index is 5.60. The molecule has 2 rings (SSSR count). The predicted molar refractivity (Wildman–Crippen MR) is 53.5 cm³/mol. The van der Waals surface area contributed by atoms with Gasteiger partial charge in [0.2, 0.25) is 0 Å². The zero-order valence-electron chi connectivity index (χ0n) is 7.56. The van der Waals surface area contributed by atoms with E-state index in [0.29, 0.717) is 14.5 Å². The van der Waals surface area contributed by atoms with Crippen molar-refractivity contribution in [2.24, 2.45) is 0 Å². The molecular weight excluding hydrogens is 263 g/mol. The Bertz CT molecular complexity index is 370. The van der Waals surface area contributed by atoms with Crippen LogP contribution in [0.5, 0.6) is 0 Å². The minimum absolute atomic E-state index is 0. The van der Waals surface area contributed by atoms with Gasteiger partial charge in [-0.05, 0) is 0 Å². The molecular formula is C10H11ClN2Se. The zero-order valence-corrected chi connectivity index (χ0v) is 10.0. The van der Waals surface area contributed by atoms with Crippen molar-refractivity contribution in [2.45, 2.75) is 6.54 Å². The number of nitrogens with zero attached hydrogens (tertiary/aromatic N) is 1. The third kappa shape index (κ3) is 2.88. The standard InChI is InChI=1S/C10H10N2Se.ClH/c11-9-3-5-12(6-4-9)8-10-2-1-7-13-10;/h1-7,11H,8H2;1H. The molecule has 2 nitrogen and oxygen atoms in total. The van der Waals surface area contributed by atoms with Crippen molar-refractivity contribution >= 4 is 20.2 Å². The van der Waals surface area contributed by atoms with Crippen LogP contribution in [0.2, 0.25) is 0 Å². The number of nitrogen functional groups attached to an aromatic ring is 1. The largest absolute Gasteiger partial charge is 1.00 e. The van der Waals surface area contributed by atoms with Crippen molar-refractivity contribution in [3.8, 4) is 0 Å². The average Bonchev–Trinajstić information content (AvgIpc) is 2.62. The van der Waals surface area contributed by atoms with E-state index in [0.717, 1.165) is 12.2 Å². The van der Waals surface area contributed by atoms with Crippen LogP contribution < -0.4 is 22.7 Å². The second-order valence-corrected chi connectivity index (χ2v) is 5.05. The van der Waals surface area contributed by atoms with Gasteiger partial charge in [0, 0.05) is 0 Å². The SMILES string of the molecule is Nc1cc[n+](Cc2ccc[se]2)cc1.[Cl-]. The molecule has 4 heteroatoms. The normalized spacial score (nSPS) is 9.43. The van der Waals surface area contributed by atoms with E-state index in [1.54, 1.807) is 0 Å². The molecule has 0 radical (unpaired) electrons. The molecule has 2 heterocycles. The Hall–Kier alpha value is -0.761. The average molecular weight is 274 g/mol. The van der Waals surface area contributed by atoms with Gasteiger partial charge in [0.05, 0.1) is 0 Å². The number of rotatable bonds is 2. The third-order valence-corrected chi connectivity index (χ3v) is 3.64. The first kappa shape index (κ1) is 11.3. The van der Waals surface area contributed by atoms with E-state index >= 15 is 0 Å². The number of hydrogen-bond donors (Lipinski definition) is 1. The number of anilines is 1. The fourth-order valence-electron chi connectivity index (χ4n) is 1.16. The first-order valence-electron chi connectivity index (χ1n) is 4.11. The Labute approximate surface area is 95.5 Å². The van der Waals surface area contributed by atoms with Crippen LogP contribution in [-0.4, -0.2) is 14.5 Å². The van der Waals surface area contributed by atoms with Crippen LogP contribution in [0.25, 0.3) is 0 Å². The summed E-state index contributed by atoms with van der Waals surface area (Å²) in [5.41, 5.74) is 6.42. The fourth-order valence-corrected chi connectivity index (χ4v) is 2.65. The summed E-state index contributed by atoms with van der Waals surface area (Å²) in [6, 6.07) is 8.18. The molecule has 0 unspecified atom stereocenters. The Balaban J connectivity index is 0.000000980. The summed E-state index contributed by atoms with van der Waals surface area (Å²) in [5, 5.41) is 0. The monoisotopic (exact) mass is 274 g/mol. The second kappa shape index (κ2) is 5.20. The Morgan fingerprint density at radius 3 is 2.50 bits per heavy atom. The molecule has 14 heavy (non-hydrogen) atoms. The van der Waals surface area contributed by atoms with Crippen LogP contribution >= 0.6 is 0 Å². The van der Waals surface area contributed by atoms with E-state index in [1.807, 2.05) is 24.5 Å². The maximum Gasteiger partial charge on any atom is -1.00 e. The van der Waals surface area contributed by atoms with Gasteiger partial charge in [-0.1, -0.05) is 0 Å². The van der Waals surface area contributed by atoms with Crippen molar-refractivity contribution in [2.75, 3.05) is 5.73 Å². The molecule has 0 saturated heterocycles. The molecule has 74 valence electrons. The topological polar surface area (TPSA) is 29.9 Å². The van der Waals surface area contributed by atoms with E-state index in [-0.39, 0.29) is 12.4 Å². The molecule has 0 saturated carbocycles. The molecule has 0 spiro atoms. The Morgan fingerprint density at radius 2 is 1.93 bits per heavy atom. The zero-order chi connectivity index (χ0) is 9.10. The summed E-state index contributed by atoms with van der Waals surface area (Å²) in [6.45, 7) is 0.993. The quantitative estimate of drug-likeness (QED) is 0.483. The Kier molecular flexibility index (Phi) is 4.20. The maximum absolute atomic E-state index is 5.60. The number of hydrogen-bond acceptors (Lipinski definition) is 1. The molecule has 0 aromatic carbocycles. The minimum atomic E-state index is 0. The molecule has 0 fully saturated rings. The van der Waals surface area contributed by atoms with E-state index in [4.69, 9.17) is 5.73 Å². The summed E-state index contributed by atoms with van der Waals surface area (Å²) >= 11 is 0.564. The van der Waals surface area contributed by atoms with E-state index in [9.17, 15) is 0 Å². The summed E-state index contributed by atoms with van der Waals surface area (Å²) < 4.78 is 3.65. The van der Waals surface area contributed by atoms with Crippen LogP contribution in [0, 0.1) is 0 Å². The van der Waals surface area contributed by atoms with Gasteiger partial charge in [0.15, 0.2) is 0 Å². The molecule has 2 N–H and O–H groups in total. The third-order valence-electron chi connectivity index (χ3n) is 1.84. The molecule has 0 amide bonds. The number of halogens is 1. The summed E-state index contributed by atoms with van der Waals surface area (Å²) in [7, 11) is 0. The predicted octanol–water partition coefficient (Wildman–Crippen LogP) is -2.33. The van der Waals surface area contributed by atoms with Crippen LogP contribution in [0.3, 0.4) is 0 Å². The van der Waals surface area contributed by atoms with Crippen molar-refractivity contribution < 1.29 is 17.0 Å². The molecule has 0 aliphatic carbocycles. The minimum Gasteiger partial charge on any atom is -1.00 e. The van der Waals surface area contributed by atoms with Gasteiger partial charge in [-0.3, -0.25) is 0 Å². The van der Waals surface area contributed by atoms with Crippen molar-refractivity contribution in [3.63, 3.8) is 0 Å². The summed E-state index contributed by atoms with van der Waals surface area (Å²) in [4.78, 5) is 2.24. The molecule has 2 aromatic rings. The number of aromatic nitrogens is 1. The van der Waals surface area contributed by atoms with Gasteiger partial charge in [0.1, 0.15) is 0 Å². The van der Waals surface area contributed by atoms with Crippen molar-refractivity contribution in [1.29, 1.82) is 0 Å². The van der Waals surface area contributed by atoms with Gasteiger partial charge in [-0.2, -0.15) is 0 Å². The van der Waals surface area contributed by atoms with Crippen LogP contribution in [0.1, 0.15) is 4.44 Å². The van der Waals surface area contributed by atoms with Crippen LogP contribution in [0.4, 0.5) is 5.69 Å². The van der Waals surface area contributed by atoms with E-state index < -0.39 is 0 Å². The smallest absolute Gasteiger partial charge is 1.00 e. The van der Waals surface area contributed by atoms with Crippen LogP contribution in [-0.2, 0) is 6.54 Å². The second-order valence-electron chi connectivity index (χ2n) is 2.88. The van der Waals surface area contributed by atoms with Gasteiger partial charge < -0.3 is 12.4 Å². The molecule has 0 bridgehead atoms. The number of nitrogens with two attached hydrogens (primary N) is 1. The van der Waals surface area contributed by atoms with Gasteiger partial charge in [0.25, 0.3) is 0 Å². The molecule has 0 aliphatic heterocycles. The van der Waals surface area contributed by atoms with Gasteiger partial charge in [-0.15, -0.1) is 0 Å². The molecule has 2 aromatic heterocycles. The number of pyridine rings is 1. The molecule has 0 aliphatic rings. The van der Waals surface area contributed by atoms with Crippen molar-refractivity contribution in [1.82, 2.24) is 0 Å². The summed E-state index contributed by atoms with van der Waals surface area (Å²) in [6.07, 6.45) is 4.04. The summed E-state index contributed by atoms with van der Waals surface area (Å²) in [5.74, 6) is 0. The van der Waals surface area contributed by atoms with E-state index in [2.05, 4.69) is 21.6 Å². The van der Waals surface area contributed by atoms with Crippen LogP contribution in [0.15, 0.2) is 41.6 Å². The Morgan fingerprint density at radius 1 is 1.21 bits per heavy atom. The van der Waals surface area contributed by atoms with Gasteiger partial charge in [-0.25, -0.2) is 0 Å². The fraction of sp³-hybridized carbons (Fsp3) is 0.100. The van der Waals surface area contributed by atoms with Crippen molar-refractivity contribution in [3.05, 3.63) is 46.0 Å².